The molecule has 2 N–H and O–H groups in total. The quantitative estimate of drug-likeness (QED) is 0.821. The van der Waals surface area contributed by atoms with Gasteiger partial charge in [-0.3, -0.25) is 4.79 Å². The molecule has 1 atom stereocenters. The van der Waals surface area contributed by atoms with Gasteiger partial charge in [-0.05, 0) is 12.5 Å². The first-order valence-corrected chi connectivity index (χ1v) is 6.12. The average Bonchev–Trinajstić information content (AvgIpc) is 2.57. The molecule has 0 aliphatic heterocycles. The molecule has 1 amide bonds. The molecule has 0 saturated carbocycles. The Bertz CT molecular complexity index is 458. The summed E-state index contributed by atoms with van der Waals surface area (Å²) < 4.78 is 0.603. The lowest BCUT2D eigenvalue weighted by Gasteiger charge is -2.11. The van der Waals surface area contributed by atoms with Gasteiger partial charge >= 0.3 is 5.97 Å². The lowest BCUT2D eigenvalue weighted by molar-refractivity contribution is -0.139. The minimum absolute atomic E-state index is 0.135. The summed E-state index contributed by atoms with van der Waals surface area (Å²) >= 11 is 12.5. The molecular weight excluding hydrogens is 285 g/mol. The summed E-state index contributed by atoms with van der Waals surface area (Å²) in [5.74, 6) is -1.69. The van der Waals surface area contributed by atoms with Crippen LogP contribution in [0.25, 0.3) is 0 Å². The highest BCUT2D eigenvalue weighted by Gasteiger charge is 2.21. The van der Waals surface area contributed by atoms with Crippen molar-refractivity contribution in [3.05, 3.63) is 33.0 Å². The van der Waals surface area contributed by atoms with Gasteiger partial charge in [0.1, 0.15) is 10.4 Å². The Morgan fingerprint density at radius 1 is 1.59 bits per heavy atom. The minimum atomic E-state index is -1.13. The second kappa shape index (κ2) is 6.05. The number of nitrogens with one attached hydrogen (secondary N) is 1. The maximum absolute atomic E-state index is 11.7. The molecule has 1 aromatic heterocycles. The zero-order valence-electron chi connectivity index (χ0n) is 8.57. The molecule has 0 bridgehead atoms. The van der Waals surface area contributed by atoms with Crippen LogP contribution >= 0.6 is 34.5 Å². The number of carbonyl (C=O) groups is 2. The molecule has 7 heteroatoms. The highest BCUT2D eigenvalue weighted by atomic mass is 35.5. The number of carboxylic acids is 1. The van der Waals surface area contributed by atoms with Gasteiger partial charge in [0.05, 0.1) is 9.90 Å². The smallest absolute Gasteiger partial charge is 0.326 e. The molecule has 92 valence electrons. The summed E-state index contributed by atoms with van der Waals surface area (Å²) in [7, 11) is 0. The van der Waals surface area contributed by atoms with E-state index in [4.69, 9.17) is 28.3 Å². The van der Waals surface area contributed by atoms with E-state index in [0.29, 0.717) is 4.34 Å². The summed E-state index contributed by atoms with van der Waals surface area (Å²) in [6.45, 7) is 3.42. The maximum atomic E-state index is 11.7. The lowest BCUT2D eigenvalue weighted by atomic mass is 10.2. The third kappa shape index (κ3) is 3.73. The van der Waals surface area contributed by atoms with Crippen LogP contribution in [-0.2, 0) is 4.79 Å². The van der Waals surface area contributed by atoms with E-state index in [1.54, 1.807) is 0 Å². The molecule has 0 aromatic carbocycles. The Hall–Kier alpha value is -1.04. The van der Waals surface area contributed by atoms with E-state index in [2.05, 4.69) is 11.9 Å². The van der Waals surface area contributed by atoms with Crippen LogP contribution in [-0.4, -0.2) is 23.0 Å². The van der Waals surface area contributed by atoms with E-state index in [1.165, 1.54) is 12.1 Å². The van der Waals surface area contributed by atoms with E-state index in [0.717, 1.165) is 11.3 Å². The zero-order valence-corrected chi connectivity index (χ0v) is 10.9. The van der Waals surface area contributed by atoms with Crippen LogP contribution in [0.5, 0.6) is 0 Å². The molecule has 1 unspecified atom stereocenters. The van der Waals surface area contributed by atoms with Crippen molar-refractivity contribution in [2.75, 3.05) is 0 Å². The van der Waals surface area contributed by atoms with E-state index in [1.807, 2.05) is 0 Å². The summed E-state index contributed by atoms with van der Waals surface area (Å²) in [5.41, 5.74) is 0.178. The number of thiophene rings is 1. The van der Waals surface area contributed by atoms with Crippen molar-refractivity contribution in [3.63, 3.8) is 0 Å². The molecule has 0 aliphatic carbocycles. The van der Waals surface area contributed by atoms with Gasteiger partial charge in [-0.15, -0.1) is 17.9 Å². The number of carbonyl (C=O) groups excluding carboxylic acids is 1. The number of hydrogen-bond acceptors (Lipinski definition) is 3. The van der Waals surface area contributed by atoms with Crippen LogP contribution in [0, 0.1) is 0 Å². The van der Waals surface area contributed by atoms with Crippen molar-refractivity contribution in [1.82, 2.24) is 5.32 Å². The SMILES string of the molecule is C=CCC(NC(=O)c1cc(Cl)sc1Cl)C(=O)O. The van der Waals surface area contributed by atoms with Crippen molar-refractivity contribution in [2.45, 2.75) is 12.5 Å². The van der Waals surface area contributed by atoms with Crippen molar-refractivity contribution >= 4 is 46.4 Å². The molecule has 0 spiro atoms. The number of halogens is 2. The Morgan fingerprint density at radius 3 is 2.65 bits per heavy atom. The monoisotopic (exact) mass is 293 g/mol. The molecule has 0 saturated heterocycles. The average molecular weight is 294 g/mol. The fourth-order valence-corrected chi connectivity index (χ4v) is 2.58. The normalized spacial score (nSPS) is 11.9. The predicted molar refractivity (Wildman–Crippen MR) is 68.0 cm³/mol. The topological polar surface area (TPSA) is 66.4 Å². The summed E-state index contributed by atoms with van der Waals surface area (Å²) in [6, 6.07) is 0.381. The Balaban J connectivity index is 2.80. The number of rotatable bonds is 5. The van der Waals surface area contributed by atoms with Crippen LogP contribution in [0.3, 0.4) is 0 Å². The largest absolute Gasteiger partial charge is 0.480 e. The van der Waals surface area contributed by atoms with Gasteiger partial charge in [0.25, 0.3) is 5.91 Å². The minimum Gasteiger partial charge on any atom is -0.480 e. The van der Waals surface area contributed by atoms with Crippen molar-refractivity contribution < 1.29 is 14.7 Å². The fourth-order valence-electron chi connectivity index (χ4n) is 1.12. The summed E-state index contributed by atoms with van der Waals surface area (Å²) in [5, 5.41) is 11.2. The molecule has 0 fully saturated rings. The van der Waals surface area contributed by atoms with E-state index >= 15 is 0 Å². The van der Waals surface area contributed by atoms with E-state index in [9.17, 15) is 9.59 Å². The van der Waals surface area contributed by atoms with Crippen LogP contribution in [0.15, 0.2) is 18.7 Å². The highest BCUT2D eigenvalue weighted by molar-refractivity contribution is 7.20. The molecule has 4 nitrogen and oxygen atoms in total. The van der Waals surface area contributed by atoms with Crippen molar-refractivity contribution in [1.29, 1.82) is 0 Å². The Kier molecular flexibility index (Phi) is 4.99. The molecule has 1 rings (SSSR count). The van der Waals surface area contributed by atoms with Crippen LogP contribution in [0.4, 0.5) is 0 Å². The second-order valence-electron chi connectivity index (χ2n) is 3.13. The van der Waals surface area contributed by atoms with Gasteiger partial charge in [0, 0.05) is 0 Å². The predicted octanol–water partition coefficient (Wildman–Crippen LogP) is 2.81. The van der Waals surface area contributed by atoms with Crippen LogP contribution < -0.4 is 5.32 Å². The Labute approximate surface area is 112 Å². The third-order valence-corrected chi connectivity index (χ3v) is 3.39. The first-order valence-electron chi connectivity index (χ1n) is 4.55. The third-order valence-electron chi connectivity index (χ3n) is 1.91. The van der Waals surface area contributed by atoms with Crippen molar-refractivity contribution in [2.24, 2.45) is 0 Å². The number of amides is 1. The standard InChI is InChI=1S/C10H9Cl2NO3S/c1-2-3-6(10(15)16)13-9(14)5-4-7(11)17-8(5)12/h2,4,6H,1,3H2,(H,13,14)(H,15,16). The van der Waals surface area contributed by atoms with Crippen LogP contribution in [0.1, 0.15) is 16.8 Å². The first-order chi connectivity index (χ1) is 7.95. The summed E-state index contributed by atoms with van der Waals surface area (Å²) in [4.78, 5) is 22.6. The molecule has 1 heterocycles. The molecule has 17 heavy (non-hydrogen) atoms. The highest BCUT2D eigenvalue weighted by Crippen LogP contribution is 2.31. The van der Waals surface area contributed by atoms with Crippen molar-refractivity contribution in [3.8, 4) is 0 Å². The van der Waals surface area contributed by atoms with Gasteiger partial charge in [-0.2, -0.15) is 0 Å². The van der Waals surface area contributed by atoms with Gasteiger partial charge in [0.15, 0.2) is 0 Å². The molecule has 1 aromatic rings. The maximum Gasteiger partial charge on any atom is 0.326 e. The van der Waals surface area contributed by atoms with Crippen LogP contribution in [0.2, 0.25) is 8.67 Å². The van der Waals surface area contributed by atoms with Gasteiger partial charge in [0.2, 0.25) is 0 Å². The molecule has 0 radical (unpaired) electrons. The number of carboxylic acid groups (broad SMARTS) is 1. The van der Waals surface area contributed by atoms with Gasteiger partial charge < -0.3 is 10.4 Å². The molecule has 0 aliphatic rings. The van der Waals surface area contributed by atoms with Gasteiger partial charge in [-0.25, -0.2) is 4.79 Å². The number of aliphatic carboxylic acids is 1. The number of hydrogen-bond donors (Lipinski definition) is 2. The second-order valence-corrected chi connectivity index (χ2v) is 5.41. The first kappa shape index (κ1) is 14.0. The van der Waals surface area contributed by atoms with E-state index < -0.39 is 17.9 Å². The zero-order chi connectivity index (χ0) is 13.0. The molecular formula is C10H9Cl2NO3S. The summed E-state index contributed by atoms with van der Waals surface area (Å²) in [6.07, 6.45) is 1.55. The van der Waals surface area contributed by atoms with E-state index in [-0.39, 0.29) is 16.3 Å². The Morgan fingerprint density at radius 2 is 2.24 bits per heavy atom. The van der Waals surface area contributed by atoms with Gasteiger partial charge in [-0.1, -0.05) is 29.3 Å². The lowest BCUT2D eigenvalue weighted by Crippen LogP contribution is -2.40. The fraction of sp³-hybridized carbons (Fsp3) is 0.200.